The van der Waals surface area contributed by atoms with Crippen LogP contribution in [0.25, 0.3) is 11.2 Å². The van der Waals surface area contributed by atoms with Crippen molar-refractivity contribution in [2.24, 2.45) is 4.99 Å². The van der Waals surface area contributed by atoms with Crippen LogP contribution >= 0.6 is 0 Å². The van der Waals surface area contributed by atoms with Crippen LogP contribution in [-0.2, 0) is 4.79 Å². The third-order valence-corrected chi connectivity index (χ3v) is 6.63. The Morgan fingerprint density at radius 1 is 1.27 bits per heavy atom. The second-order valence-corrected chi connectivity index (χ2v) is 8.99. The average molecular weight is 451 g/mol. The molecule has 2 unspecified atom stereocenters. The molecule has 2 saturated heterocycles. The first-order chi connectivity index (χ1) is 15.7. The number of nitrogen functional groups attached to an aromatic ring is 1. The quantitative estimate of drug-likeness (QED) is 0.515. The summed E-state index contributed by atoms with van der Waals surface area (Å²) in [7, 11) is 0. The van der Waals surface area contributed by atoms with E-state index in [1.165, 1.54) is 11.4 Å². The van der Waals surface area contributed by atoms with Gasteiger partial charge in [-0.05, 0) is 51.5 Å². The van der Waals surface area contributed by atoms with Gasteiger partial charge in [0.25, 0.3) is 0 Å². The van der Waals surface area contributed by atoms with Crippen LogP contribution in [0.1, 0.15) is 73.5 Å². The summed E-state index contributed by atoms with van der Waals surface area (Å²) in [6, 6.07) is 0.0338. The molecule has 2 aromatic heterocycles. The molecule has 4 heterocycles. The van der Waals surface area contributed by atoms with E-state index in [0.29, 0.717) is 46.6 Å². The number of anilines is 1. The smallest absolute Gasteiger partial charge is 0.248 e. The lowest BCUT2D eigenvalue weighted by molar-refractivity contribution is -0.144. The first-order valence-corrected chi connectivity index (χ1v) is 11.2. The number of amides is 1. The van der Waals surface area contributed by atoms with E-state index in [4.69, 9.17) is 10.7 Å². The van der Waals surface area contributed by atoms with E-state index in [1.807, 2.05) is 4.90 Å². The van der Waals surface area contributed by atoms with Crippen molar-refractivity contribution >= 4 is 34.9 Å². The minimum atomic E-state index is -0.486. The third-order valence-electron chi connectivity index (χ3n) is 6.63. The Balaban J connectivity index is 1.80. The Hall–Kier alpha value is -3.33. The van der Waals surface area contributed by atoms with Gasteiger partial charge in [0.05, 0.1) is 17.5 Å². The summed E-state index contributed by atoms with van der Waals surface area (Å²) >= 11 is 0. The number of aliphatic hydroxyl groups excluding tert-OH is 1. The largest absolute Gasteiger partial charge is 0.387 e. The first kappa shape index (κ1) is 22.8. The lowest BCUT2D eigenvalue weighted by Crippen LogP contribution is -2.55. The summed E-state index contributed by atoms with van der Waals surface area (Å²) in [5.41, 5.74) is 9.92. The molecule has 2 bridgehead atoms. The number of aliphatic imine (C=N–C) groups is 1. The van der Waals surface area contributed by atoms with Crippen LogP contribution in [0.2, 0.25) is 0 Å². The van der Waals surface area contributed by atoms with Gasteiger partial charge in [-0.25, -0.2) is 4.98 Å². The number of aliphatic hydroxyl groups is 1. The number of nitrogens with zero attached hydrogens (tertiary/aromatic N) is 5. The van der Waals surface area contributed by atoms with Crippen LogP contribution in [0, 0.1) is 0 Å². The maximum Gasteiger partial charge on any atom is 0.248 e. The number of rotatable bonds is 6. The van der Waals surface area contributed by atoms with Crippen molar-refractivity contribution in [2.45, 2.75) is 64.0 Å². The number of fused-ring (bicyclic) bond motifs is 3. The molecule has 2 aliphatic rings. The maximum absolute atomic E-state index is 12.6. The molecule has 2 aliphatic heterocycles. The highest BCUT2D eigenvalue weighted by atomic mass is 16.3. The molecule has 174 valence electrons. The number of hydrogen-bond donors (Lipinski definition) is 2. The van der Waals surface area contributed by atoms with E-state index in [0.717, 1.165) is 19.3 Å². The molecule has 0 saturated carbocycles. The molecular formula is C24H30N6O3. The normalized spacial score (nSPS) is 22.6. The summed E-state index contributed by atoms with van der Waals surface area (Å²) in [6.45, 7) is 10.6. The summed E-state index contributed by atoms with van der Waals surface area (Å²) in [6.07, 6.45) is 7.37. The molecule has 1 amide bonds. The van der Waals surface area contributed by atoms with E-state index >= 15 is 0 Å². The molecular weight excluding hydrogens is 420 g/mol. The van der Waals surface area contributed by atoms with Crippen molar-refractivity contribution in [1.82, 2.24) is 19.5 Å². The zero-order chi connectivity index (χ0) is 23.9. The van der Waals surface area contributed by atoms with Crippen molar-refractivity contribution in [3.63, 3.8) is 0 Å². The maximum atomic E-state index is 12.6. The van der Waals surface area contributed by atoms with Crippen LogP contribution < -0.4 is 5.73 Å². The van der Waals surface area contributed by atoms with Crippen molar-refractivity contribution in [1.29, 1.82) is 0 Å². The molecule has 0 aliphatic carbocycles. The molecule has 33 heavy (non-hydrogen) atoms. The molecule has 0 spiro atoms. The number of allylic oxidation sites excluding steroid dienone is 2. The molecule has 0 aromatic carbocycles. The molecule has 2 atom stereocenters. The predicted octanol–water partition coefficient (Wildman–Crippen LogP) is 2.75. The number of carbonyl (C=O) groups is 2. The minimum Gasteiger partial charge on any atom is -0.387 e. The number of aromatic nitrogens is 3. The van der Waals surface area contributed by atoms with Gasteiger partial charge in [-0.3, -0.25) is 14.6 Å². The SMILES string of the molecule is C=C(C)N=CC(=C)c1cnn2c(N)c(C(C)=O)c(C3CC4CCCC(C3)N4C(=O)CO)nc12. The van der Waals surface area contributed by atoms with Gasteiger partial charge in [-0.2, -0.15) is 9.61 Å². The summed E-state index contributed by atoms with van der Waals surface area (Å²) in [4.78, 5) is 36.0. The summed E-state index contributed by atoms with van der Waals surface area (Å²) < 4.78 is 1.47. The van der Waals surface area contributed by atoms with Gasteiger partial charge in [-0.1, -0.05) is 13.2 Å². The zero-order valence-corrected chi connectivity index (χ0v) is 19.1. The first-order valence-electron chi connectivity index (χ1n) is 11.2. The second-order valence-electron chi connectivity index (χ2n) is 8.99. The Kier molecular flexibility index (Phi) is 6.16. The fourth-order valence-corrected chi connectivity index (χ4v) is 5.27. The highest BCUT2D eigenvalue weighted by Gasteiger charge is 2.42. The van der Waals surface area contributed by atoms with E-state index in [-0.39, 0.29) is 35.5 Å². The monoisotopic (exact) mass is 450 g/mol. The van der Waals surface area contributed by atoms with Gasteiger partial charge in [0.15, 0.2) is 11.4 Å². The Labute approximate surface area is 192 Å². The molecule has 9 nitrogen and oxygen atoms in total. The van der Waals surface area contributed by atoms with Gasteiger partial charge in [0.1, 0.15) is 12.4 Å². The van der Waals surface area contributed by atoms with E-state index in [9.17, 15) is 14.7 Å². The highest BCUT2D eigenvalue weighted by Crippen LogP contribution is 2.43. The fourth-order valence-electron chi connectivity index (χ4n) is 5.27. The number of carbonyl (C=O) groups excluding carboxylic acids is 2. The molecule has 4 rings (SSSR count). The standard InChI is InChI=1S/C24H30N6O3/c1-13(2)26-10-14(3)19-11-27-30-23(25)21(15(4)32)22(28-24(19)30)16-8-17-6-5-7-18(9-16)29(17)20(33)12-31/h10-11,16-18,31H,1,3,5-9,12,25H2,2,4H3. The summed E-state index contributed by atoms with van der Waals surface area (Å²) in [5.74, 6) is -0.188. The average Bonchev–Trinajstić information content (AvgIpc) is 3.20. The Bertz CT molecular complexity index is 1170. The topological polar surface area (TPSA) is 126 Å². The van der Waals surface area contributed by atoms with Gasteiger partial charge in [0, 0.05) is 35.5 Å². The van der Waals surface area contributed by atoms with Crippen molar-refractivity contribution in [3.8, 4) is 0 Å². The number of hydrogen-bond acceptors (Lipinski definition) is 7. The van der Waals surface area contributed by atoms with Crippen LogP contribution in [0.15, 0.2) is 30.0 Å². The van der Waals surface area contributed by atoms with E-state index in [2.05, 4.69) is 23.2 Å². The second kappa shape index (κ2) is 8.90. The molecule has 2 fully saturated rings. The molecule has 9 heteroatoms. The molecule has 0 radical (unpaired) electrons. The van der Waals surface area contributed by atoms with E-state index < -0.39 is 6.61 Å². The van der Waals surface area contributed by atoms with Crippen molar-refractivity contribution < 1.29 is 14.7 Å². The van der Waals surface area contributed by atoms with Gasteiger partial charge >= 0.3 is 0 Å². The Morgan fingerprint density at radius 2 is 1.94 bits per heavy atom. The number of Topliss-reactive ketones (excluding diaryl/α,β-unsaturated/α-hetero) is 1. The molecule has 2 aromatic rings. The van der Waals surface area contributed by atoms with Crippen LogP contribution in [0.3, 0.4) is 0 Å². The van der Waals surface area contributed by atoms with Crippen molar-refractivity contribution in [2.75, 3.05) is 12.3 Å². The lowest BCUT2D eigenvalue weighted by atomic mass is 9.76. The zero-order valence-electron chi connectivity index (χ0n) is 19.1. The minimum absolute atomic E-state index is 0.0169. The number of nitrogens with two attached hydrogens (primary N) is 1. The van der Waals surface area contributed by atoms with E-state index in [1.54, 1.807) is 19.3 Å². The predicted molar refractivity (Wildman–Crippen MR) is 127 cm³/mol. The van der Waals surface area contributed by atoms with Crippen molar-refractivity contribution in [3.05, 3.63) is 41.9 Å². The molecule has 3 N–H and O–H groups in total. The van der Waals surface area contributed by atoms with Gasteiger partial charge < -0.3 is 15.7 Å². The number of ketones is 1. The Morgan fingerprint density at radius 3 is 2.52 bits per heavy atom. The van der Waals surface area contributed by atoms with Gasteiger partial charge in [0.2, 0.25) is 5.91 Å². The number of piperidine rings is 2. The van der Waals surface area contributed by atoms with Crippen LogP contribution in [-0.4, -0.2) is 61.2 Å². The summed E-state index contributed by atoms with van der Waals surface area (Å²) in [5, 5.41) is 13.8. The fraction of sp³-hybridized carbons (Fsp3) is 0.458. The van der Waals surface area contributed by atoms with Crippen LogP contribution in [0.4, 0.5) is 5.82 Å². The van der Waals surface area contributed by atoms with Crippen LogP contribution in [0.5, 0.6) is 0 Å². The lowest BCUT2D eigenvalue weighted by Gasteiger charge is -2.48. The highest BCUT2D eigenvalue weighted by molar-refractivity contribution is 6.11. The van der Waals surface area contributed by atoms with Gasteiger partial charge in [-0.15, -0.1) is 0 Å². The third kappa shape index (κ3) is 4.08.